The van der Waals surface area contributed by atoms with Crippen molar-refractivity contribution in [3.8, 4) is 0 Å². The summed E-state index contributed by atoms with van der Waals surface area (Å²) in [7, 11) is 0. The Bertz CT molecular complexity index is 429. The lowest BCUT2D eigenvalue weighted by atomic mass is 10.4. The van der Waals surface area contributed by atoms with E-state index in [-0.39, 0.29) is 24.2 Å². The van der Waals surface area contributed by atoms with Crippen LogP contribution in [-0.4, -0.2) is 21.6 Å². The zero-order valence-corrected chi connectivity index (χ0v) is 9.64. The molecule has 0 spiro atoms. The second kappa shape index (κ2) is 5.34. The van der Waals surface area contributed by atoms with Gasteiger partial charge in [-0.05, 0) is 13.8 Å². The molecular weight excluding hydrogens is 206 g/mol. The lowest BCUT2D eigenvalue weighted by molar-refractivity contribution is -0.121. The highest BCUT2D eigenvalue weighted by molar-refractivity contribution is 5.75. The summed E-state index contributed by atoms with van der Waals surface area (Å²) in [5, 5.41) is 2.62. The first kappa shape index (κ1) is 12.3. The third-order valence-electron chi connectivity index (χ3n) is 2.19. The zero-order valence-electron chi connectivity index (χ0n) is 9.64. The number of nitrogens with one attached hydrogen (secondary N) is 1. The van der Waals surface area contributed by atoms with Crippen molar-refractivity contribution in [1.82, 2.24) is 14.5 Å². The first-order valence-corrected chi connectivity index (χ1v) is 5.21. The van der Waals surface area contributed by atoms with Gasteiger partial charge in [0.1, 0.15) is 6.54 Å². The van der Waals surface area contributed by atoms with Gasteiger partial charge in [0.2, 0.25) is 5.91 Å². The van der Waals surface area contributed by atoms with Crippen molar-refractivity contribution >= 4 is 5.91 Å². The third-order valence-corrected chi connectivity index (χ3v) is 2.19. The second-order valence-corrected chi connectivity index (χ2v) is 3.80. The van der Waals surface area contributed by atoms with Gasteiger partial charge in [0.25, 0.3) is 0 Å². The number of aromatic nitrogens is 2. The van der Waals surface area contributed by atoms with Crippen LogP contribution in [-0.2, 0) is 11.3 Å². The predicted octanol–water partition coefficient (Wildman–Crippen LogP) is 0.533. The van der Waals surface area contributed by atoms with Crippen LogP contribution in [0.5, 0.6) is 0 Å². The first-order valence-electron chi connectivity index (χ1n) is 5.21. The van der Waals surface area contributed by atoms with Crippen LogP contribution in [0.4, 0.5) is 0 Å². The number of rotatable bonds is 5. The fraction of sp³-hybridized carbons (Fsp3) is 0.455. The fourth-order valence-corrected chi connectivity index (χ4v) is 1.34. The maximum atomic E-state index is 11.7. The van der Waals surface area contributed by atoms with Gasteiger partial charge in [-0.2, -0.15) is 0 Å². The molecule has 0 aliphatic carbocycles. The molecule has 0 saturated carbocycles. The van der Waals surface area contributed by atoms with Gasteiger partial charge in [-0.15, -0.1) is 6.58 Å². The van der Waals surface area contributed by atoms with Gasteiger partial charge in [0, 0.05) is 25.0 Å². The van der Waals surface area contributed by atoms with Gasteiger partial charge in [0.05, 0.1) is 0 Å². The van der Waals surface area contributed by atoms with E-state index in [0.717, 1.165) is 0 Å². The van der Waals surface area contributed by atoms with Crippen molar-refractivity contribution < 1.29 is 4.79 Å². The topological polar surface area (TPSA) is 56.0 Å². The minimum Gasteiger partial charge on any atom is -0.351 e. The van der Waals surface area contributed by atoms with E-state index < -0.39 is 0 Å². The zero-order chi connectivity index (χ0) is 12.1. The molecule has 1 N–H and O–H groups in total. The lowest BCUT2D eigenvalue weighted by Gasteiger charge is -2.05. The van der Waals surface area contributed by atoms with E-state index in [1.165, 1.54) is 4.57 Å². The van der Waals surface area contributed by atoms with E-state index >= 15 is 0 Å². The Balaban J connectivity index is 2.71. The van der Waals surface area contributed by atoms with Crippen LogP contribution >= 0.6 is 0 Å². The number of imidazole rings is 1. The van der Waals surface area contributed by atoms with Crippen molar-refractivity contribution in [2.75, 3.05) is 6.54 Å². The Labute approximate surface area is 94.4 Å². The summed E-state index contributed by atoms with van der Waals surface area (Å²) in [5.41, 5.74) is -0.163. The minimum atomic E-state index is -0.191. The smallest absolute Gasteiger partial charge is 0.328 e. The minimum absolute atomic E-state index is 0.0480. The monoisotopic (exact) mass is 223 g/mol. The van der Waals surface area contributed by atoms with Crippen LogP contribution in [0, 0.1) is 0 Å². The molecule has 1 heterocycles. The number of hydrogen-bond donors (Lipinski definition) is 1. The average Bonchev–Trinajstić information content (AvgIpc) is 2.57. The molecule has 0 radical (unpaired) electrons. The summed E-state index contributed by atoms with van der Waals surface area (Å²) in [6, 6.07) is 0.102. The van der Waals surface area contributed by atoms with Gasteiger partial charge in [-0.25, -0.2) is 4.79 Å². The molecular formula is C11H17N3O2. The summed E-state index contributed by atoms with van der Waals surface area (Å²) in [6.45, 7) is 7.80. The highest BCUT2D eigenvalue weighted by Gasteiger charge is 2.08. The Morgan fingerprint density at radius 2 is 2.25 bits per heavy atom. The quantitative estimate of drug-likeness (QED) is 0.740. The molecule has 5 heteroatoms. The summed E-state index contributed by atoms with van der Waals surface area (Å²) in [6.07, 6.45) is 4.91. The SMILES string of the molecule is C=CCNC(=O)Cn1ccn(C(C)C)c1=O. The van der Waals surface area contributed by atoms with Gasteiger partial charge >= 0.3 is 5.69 Å². The van der Waals surface area contributed by atoms with Crippen LogP contribution in [0.3, 0.4) is 0 Å². The number of carbonyl (C=O) groups excluding carboxylic acids is 1. The van der Waals surface area contributed by atoms with Gasteiger partial charge in [-0.3, -0.25) is 13.9 Å². The van der Waals surface area contributed by atoms with Gasteiger partial charge in [-0.1, -0.05) is 6.08 Å². The molecule has 0 atom stereocenters. The summed E-state index contributed by atoms with van der Waals surface area (Å²) in [4.78, 5) is 23.1. The Hall–Kier alpha value is -1.78. The Kier molecular flexibility index (Phi) is 4.10. The van der Waals surface area contributed by atoms with E-state index in [0.29, 0.717) is 6.54 Å². The molecule has 0 unspecified atom stereocenters. The predicted molar refractivity (Wildman–Crippen MR) is 62.3 cm³/mol. The standard InChI is InChI=1S/C11H17N3O2/c1-4-5-12-10(15)8-13-6-7-14(9(2)3)11(13)16/h4,6-7,9H,1,5,8H2,2-3H3,(H,12,15). The van der Waals surface area contributed by atoms with E-state index in [9.17, 15) is 9.59 Å². The highest BCUT2D eigenvalue weighted by Crippen LogP contribution is 1.98. The van der Waals surface area contributed by atoms with Crippen LogP contribution in [0.2, 0.25) is 0 Å². The van der Waals surface area contributed by atoms with Crippen molar-refractivity contribution in [3.63, 3.8) is 0 Å². The summed E-state index contributed by atoms with van der Waals surface area (Å²) >= 11 is 0. The van der Waals surface area contributed by atoms with E-state index in [1.807, 2.05) is 13.8 Å². The van der Waals surface area contributed by atoms with Gasteiger partial charge < -0.3 is 5.32 Å². The molecule has 0 fully saturated rings. The molecule has 1 aromatic heterocycles. The molecule has 0 aliphatic rings. The number of hydrogen-bond acceptors (Lipinski definition) is 2. The van der Waals surface area contributed by atoms with Crippen LogP contribution < -0.4 is 11.0 Å². The number of nitrogens with zero attached hydrogens (tertiary/aromatic N) is 2. The first-order chi connectivity index (χ1) is 7.56. The number of amides is 1. The molecule has 1 rings (SSSR count). The van der Waals surface area contributed by atoms with Crippen molar-refractivity contribution in [2.45, 2.75) is 26.4 Å². The molecule has 88 valence electrons. The molecule has 0 aliphatic heterocycles. The molecule has 0 saturated heterocycles. The molecule has 0 aromatic carbocycles. The average molecular weight is 223 g/mol. The van der Waals surface area contributed by atoms with Crippen molar-refractivity contribution in [2.24, 2.45) is 0 Å². The Morgan fingerprint density at radius 1 is 1.56 bits per heavy atom. The lowest BCUT2D eigenvalue weighted by Crippen LogP contribution is -2.33. The van der Waals surface area contributed by atoms with Gasteiger partial charge in [0.15, 0.2) is 0 Å². The van der Waals surface area contributed by atoms with E-state index in [4.69, 9.17) is 0 Å². The summed E-state index contributed by atoms with van der Waals surface area (Å²) in [5.74, 6) is -0.191. The number of carbonyl (C=O) groups is 1. The van der Waals surface area contributed by atoms with Crippen LogP contribution in [0.15, 0.2) is 29.8 Å². The highest BCUT2D eigenvalue weighted by atomic mass is 16.2. The maximum Gasteiger partial charge on any atom is 0.328 e. The van der Waals surface area contributed by atoms with Crippen LogP contribution in [0.1, 0.15) is 19.9 Å². The molecule has 0 bridgehead atoms. The summed E-state index contributed by atoms with van der Waals surface area (Å²) < 4.78 is 2.97. The third kappa shape index (κ3) is 2.85. The second-order valence-electron chi connectivity index (χ2n) is 3.80. The molecule has 16 heavy (non-hydrogen) atoms. The van der Waals surface area contributed by atoms with Crippen molar-refractivity contribution in [3.05, 3.63) is 35.5 Å². The largest absolute Gasteiger partial charge is 0.351 e. The van der Waals surface area contributed by atoms with E-state index in [1.54, 1.807) is 23.0 Å². The Morgan fingerprint density at radius 3 is 2.75 bits per heavy atom. The fourth-order valence-electron chi connectivity index (χ4n) is 1.34. The molecule has 5 nitrogen and oxygen atoms in total. The molecule has 1 aromatic rings. The molecule has 1 amide bonds. The maximum absolute atomic E-state index is 11.7. The normalized spacial score (nSPS) is 10.4. The van der Waals surface area contributed by atoms with E-state index in [2.05, 4.69) is 11.9 Å². The van der Waals surface area contributed by atoms with Crippen molar-refractivity contribution in [1.29, 1.82) is 0 Å². The van der Waals surface area contributed by atoms with Crippen LogP contribution in [0.25, 0.3) is 0 Å².